The molecule has 4 nitrogen and oxygen atoms in total. The first kappa shape index (κ1) is 18.1. The van der Waals surface area contributed by atoms with E-state index in [0.717, 1.165) is 5.56 Å². The Bertz CT molecular complexity index is 455. The number of ether oxygens (including phenoxy) is 3. The monoisotopic (exact) mass is 304 g/mol. The van der Waals surface area contributed by atoms with Gasteiger partial charge >= 0.3 is 5.97 Å². The maximum atomic E-state index is 11.6. The molecule has 1 aromatic carbocycles. The highest BCUT2D eigenvalue weighted by Gasteiger charge is 2.21. The summed E-state index contributed by atoms with van der Waals surface area (Å²) in [4.78, 5) is 11.6. The average Bonchev–Trinajstić information content (AvgIpc) is 2.57. The van der Waals surface area contributed by atoms with Gasteiger partial charge in [0.25, 0.3) is 0 Å². The molecule has 22 heavy (non-hydrogen) atoms. The Balaban J connectivity index is 2.35. The second-order valence-corrected chi connectivity index (χ2v) is 4.77. The van der Waals surface area contributed by atoms with Gasteiger partial charge in [-0.25, -0.2) is 4.79 Å². The zero-order chi connectivity index (χ0) is 16.2. The van der Waals surface area contributed by atoms with Gasteiger partial charge in [-0.05, 0) is 5.56 Å². The molecule has 0 amide bonds. The van der Waals surface area contributed by atoms with E-state index in [-0.39, 0.29) is 6.10 Å². The SMILES string of the molecule is C=CCC(O[C@@H](C=C)CCOCc1ccccc1)C(=O)OC. The molecule has 1 unspecified atom stereocenters. The Labute approximate surface area is 132 Å². The number of hydrogen-bond acceptors (Lipinski definition) is 4. The van der Waals surface area contributed by atoms with Gasteiger partial charge in [-0.1, -0.05) is 42.5 Å². The summed E-state index contributed by atoms with van der Waals surface area (Å²) in [5.74, 6) is -0.406. The molecule has 0 N–H and O–H groups in total. The van der Waals surface area contributed by atoms with Gasteiger partial charge in [0.15, 0.2) is 6.10 Å². The van der Waals surface area contributed by atoms with Crippen molar-refractivity contribution in [3.05, 3.63) is 61.2 Å². The minimum Gasteiger partial charge on any atom is -0.467 e. The van der Waals surface area contributed by atoms with Crippen LogP contribution in [0.2, 0.25) is 0 Å². The molecular weight excluding hydrogens is 280 g/mol. The van der Waals surface area contributed by atoms with Crippen LogP contribution in [-0.4, -0.2) is 31.9 Å². The molecule has 0 aliphatic heterocycles. The van der Waals surface area contributed by atoms with Crippen molar-refractivity contribution < 1.29 is 19.0 Å². The molecule has 2 atom stereocenters. The average molecular weight is 304 g/mol. The number of methoxy groups -OCH3 is 1. The van der Waals surface area contributed by atoms with Crippen LogP contribution in [0, 0.1) is 0 Å². The number of hydrogen-bond donors (Lipinski definition) is 0. The second-order valence-electron chi connectivity index (χ2n) is 4.77. The van der Waals surface area contributed by atoms with Gasteiger partial charge in [0.1, 0.15) is 0 Å². The van der Waals surface area contributed by atoms with Crippen molar-refractivity contribution in [2.24, 2.45) is 0 Å². The molecule has 120 valence electrons. The maximum absolute atomic E-state index is 11.6. The summed E-state index contributed by atoms with van der Waals surface area (Å²) in [5.41, 5.74) is 1.12. The maximum Gasteiger partial charge on any atom is 0.335 e. The molecule has 0 bridgehead atoms. The highest BCUT2D eigenvalue weighted by atomic mass is 16.6. The highest BCUT2D eigenvalue weighted by molar-refractivity contribution is 5.74. The van der Waals surface area contributed by atoms with E-state index in [4.69, 9.17) is 14.2 Å². The first-order valence-corrected chi connectivity index (χ1v) is 7.29. The number of benzene rings is 1. The van der Waals surface area contributed by atoms with Gasteiger partial charge in [-0.3, -0.25) is 0 Å². The first-order valence-electron chi connectivity index (χ1n) is 7.29. The summed E-state index contributed by atoms with van der Waals surface area (Å²) < 4.78 is 16.0. The van der Waals surface area contributed by atoms with Crippen LogP contribution in [0.3, 0.4) is 0 Å². The quantitative estimate of drug-likeness (QED) is 0.357. The van der Waals surface area contributed by atoms with Crippen LogP contribution >= 0.6 is 0 Å². The van der Waals surface area contributed by atoms with Gasteiger partial charge in [-0.15, -0.1) is 13.2 Å². The van der Waals surface area contributed by atoms with E-state index in [0.29, 0.717) is 26.1 Å². The summed E-state index contributed by atoms with van der Waals surface area (Å²) in [6, 6.07) is 9.95. The molecule has 0 aliphatic carbocycles. The zero-order valence-electron chi connectivity index (χ0n) is 13.1. The van der Waals surface area contributed by atoms with Gasteiger partial charge in [-0.2, -0.15) is 0 Å². The standard InChI is InChI=1S/C18H24O4/c1-4-9-17(18(19)20-3)22-16(5-2)12-13-21-14-15-10-7-6-8-11-15/h4-8,10-11,16-17H,1-2,9,12-14H2,3H3/t16-,17?/m0/s1. The van der Waals surface area contributed by atoms with Gasteiger partial charge < -0.3 is 14.2 Å². The molecule has 0 saturated carbocycles. The smallest absolute Gasteiger partial charge is 0.335 e. The number of carbonyl (C=O) groups excluding carboxylic acids is 1. The van der Waals surface area contributed by atoms with E-state index >= 15 is 0 Å². The summed E-state index contributed by atoms with van der Waals surface area (Å²) in [6.07, 6.45) is 3.42. The first-order chi connectivity index (χ1) is 10.7. The van der Waals surface area contributed by atoms with E-state index in [2.05, 4.69) is 13.2 Å². The molecule has 0 saturated heterocycles. The summed E-state index contributed by atoms with van der Waals surface area (Å²) >= 11 is 0. The lowest BCUT2D eigenvalue weighted by atomic mass is 10.2. The molecule has 0 radical (unpaired) electrons. The Morgan fingerprint density at radius 1 is 1.27 bits per heavy atom. The van der Waals surface area contributed by atoms with E-state index in [9.17, 15) is 4.79 Å². The Morgan fingerprint density at radius 2 is 2.00 bits per heavy atom. The number of carbonyl (C=O) groups is 1. The van der Waals surface area contributed by atoms with Crippen LogP contribution in [-0.2, 0) is 25.6 Å². The Hall–Kier alpha value is -1.91. The number of rotatable bonds is 11. The van der Waals surface area contributed by atoms with Crippen LogP contribution in [0.4, 0.5) is 0 Å². The van der Waals surface area contributed by atoms with Crippen LogP contribution in [0.15, 0.2) is 55.6 Å². The highest BCUT2D eigenvalue weighted by Crippen LogP contribution is 2.11. The predicted octanol–water partition coefficient (Wildman–Crippen LogP) is 3.28. The normalized spacial score (nSPS) is 13.1. The molecule has 0 spiro atoms. The van der Waals surface area contributed by atoms with Crippen LogP contribution in [0.5, 0.6) is 0 Å². The molecule has 4 heteroatoms. The largest absolute Gasteiger partial charge is 0.467 e. The van der Waals surface area contributed by atoms with Crippen LogP contribution in [0.1, 0.15) is 18.4 Å². The molecule has 1 rings (SSSR count). The van der Waals surface area contributed by atoms with Gasteiger partial charge in [0.2, 0.25) is 0 Å². The molecule has 1 aromatic rings. The van der Waals surface area contributed by atoms with Crippen molar-refractivity contribution >= 4 is 5.97 Å². The lowest BCUT2D eigenvalue weighted by molar-refractivity contribution is -0.156. The fourth-order valence-corrected chi connectivity index (χ4v) is 1.91. The topological polar surface area (TPSA) is 44.8 Å². The Morgan fingerprint density at radius 3 is 2.59 bits per heavy atom. The van der Waals surface area contributed by atoms with Crippen molar-refractivity contribution in [2.75, 3.05) is 13.7 Å². The molecule has 0 fully saturated rings. The molecular formula is C18H24O4. The van der Waals surface area contributed by atoms with E-state index < -0.39 is 12.1 Å². The molecule has 0 aromatic heterocycles. The van der Waals surface area contributed by atoms with E-state index in [1.807, 2.05) is 30.3 Å². The van der Waals surface area contributed by atoms with Gasteiger partial charge in [0.05, 0.1) is 19.8 Å². The summed E-state index contributed by atoms with van der Waals surface area (Å²) in [5, 5.41) is 0. The van der Waals surface area contributed by atoms with Crippen LogP contribution in [0.25, 0.3) is 0 Å². The van der Waals surface area contributed by atoms with Crippen molar-refractivity contribution in [1.82, 2.24) is 0 Å². The third-order valence-corrected chi connectivity index (χ3v) is 3.11. The minimum atomic E-state index is -0.653. The van der Waals surface area contributed by atoms with Crippen molar-refractivity contribution in [1.29, 1.82) is 0 Å². The van der Waals surface area contributed by atoms with Crippen LogP contribution < -0.4 is 0 Å². The third-order valence-electron chi connectivity index (χ3n) is 3.11. The van der Waals surface area contributed by atoms with Crippen molar-refractivity contribution in [2.45, 2.75) is 31.7 Å². The van der Waals surface area contributed by atoms with Crippen molar-refractivity contribution in [3.8, 4) is 0 Å². The number of esters is 1. The lowest BCUT2D eigenvalue weighted by Gasteiger charge is -2.20. The van der Waals surface area contributed by atoms with Crippen molar-refractivity contribution in [3.63, 3.8) is 0 Å². The lowest BCUT2D eigenvalue weighted by Crippen LogP contribution is -2.30. The van der Waals surface area contributed by atoms with E-state index in [1.54, 1.807) is 12.2 Å². The summed E-state index contributed by atoms with van der Waals surface area (Å²) in [6.45, 7) is 8.43. The predicted molar refractivity (Wildman–Crippen MR) is 86.4 cm³/mol. The Kier molecular flexibility index (Phi) is 8.88. The minimum absolute atomic E-state index is 0.264. The molecule has 0 heterocycles. The summed E-state index contributed by atoms with van der Waals surface area (Å²) in [7, 11) is 1.34. The fourth-order valence-electron chi connectivity index (χ4n) is 1.91. The third kappa shape index (κ3) is 6.70. The second kappa shape index (κ2) is 10.8. The fraction of sp³-hybridized carbons (Fsp3) is 0.389. The molecule has 0 aliphatic rings. The zero-order valence-corrected chi connectivity index (χ0v) is 13.1. The van der Waals surface area contributed by atoms with E-state index in [1.165, 1.54) is 7.11 Å². The van der Waals surface area contributed by atoms with Gasteiger partial charge in [0, 0.05) is 19.4 Å².